The maximum absolute atomic E-state index is 11.0. The fourth-order valence-corrected chi connectivity index (χ4v) is 2.66. The van der Waals surface area contributed by atoms with Crippen molar-refractivity contribution in [1.82, 2.24) is 9.55 Å². The van der Waals surface area contributed by atoms with E-state index in [1.807, 2.05) is 4.57 Å². The van der Waals surface area contributed by atoms with E-state index in [1.165, 1.54) is 0 Å². The first-order valence-electron chi connectivity index (χ1n) is 6.09. The molecule has 19 heavy (non-hydrogen) atoms. The maximum atomic E-state index is 11.0. The average molecular weight is 280 g/mol. The van der Waals surface area contributed by atoms with Crippen LogP contribution in [0.5, 0.6) is 0 Å². The number of hydrogen-bond acceptors (Lipinski definition) is 4. The summed E-state index contributed by atoms with van der Waals surface area (Å²) in [5, 5.41) is 17.7. The van der Waals surface area contributed by atoms with Crippen molar-refractivity contribution < 1.29 is 15.0 Å². The summed E-state index contributed by atoms with van der Waals surface area (Å²) in [6.45, 7) is 1.01. The molecule has 2 aromatic rings. The Morgan fingerprint density at radius 2 is 2.21 bits per heavy atom. The van der Waals surface area contributed by atoms with E-state index in [1.54, 1.807) is 36.3 Å². The molecule has 1 aromatic heterocycles. The van der Waals surface area contributed by atoms with Crippen molar-refractivity contribution in [2.75, 3.05) is 18.1 Å². The highest BCUT2D eigenvalue weighted by Crippen LogP contribution is 2.16. The first-order chi connectivity index (χ1) is 9.22. The van der Waals surface area contributed by atoms with Crippen molar-refractivity contribution in [2.24, 2.45) is 0 Å². The molecule has 0 spiro atoms. The second kappa shape index (κ2) is 6.58. The minimum atomic E-state index is -0.924. The van der Waals surface area contributed by atoms with E-state index in [2.05, 4.69) is 4.98 Å². The van der Waals surface area contributed by atoms with Gasteiger partial charge in [0.05, 0.1) is 22.9 Å². The lowest BCUT2D eigenvalue weighted by atomic mass is 10.2. The predicted octanol–water partition coefficient (Wildman–Crippen LogP) is 1.85. The quantitative estimate of drug-likeness (QED) is 0.757. The molecular formula is C13H16N2O3S. The van der Waals surface area contributed by atoms with Crippen molar-refractivity contribution >= 4 is 28.8 Å². The van der Waals surface area contributed by atoms with Gasteiger partial charge in [0.25, 0.3) is 0 Å². The normalized spacial score (nSPS) is 11.0. The largest absolute Gasteiger partial charge is 0.478 e. The van der Waals surface area contributed by atoms with Crippen LogP contribution in [0, 0.1) is 0 Å². The highest BCUT2D eigenvalue weighted by molar-refractivity contribution is 7.99. The Morgan fingerprint density at radius 3 is 2.95 bits per heavy atom. The van der Waals surface area contributed by atoms with E-state index in [0.717, 1.165) is 35.5 Å². The van der Waals surface area contributed by atoms with Crippen LogP contribution in [0.4, 0.5) is 0 Å². The summed E-state index contributed by atoms with van der Waals surface area (Å²) in [6.07, 6.45) is 2.54. The number of carboxylic acid groups (broad SMARTS) is 1. The smallest absolute Gasteiger partial charge is 0.335 e. The van der Waals surface area contributed by atoms with Crippen molar-refractivity contribution in [3.05, 3.63) is 30.1 Å². The number of hydrogen-bond donors (Lipinski definition) is 2. The zero-order chi connectivity index (χ0) is 13.7. The molecule has 0 unspecified atom stereocenters. The van der Waals surface area contributed by atoms with E-state index < -0.39 is 5.97 Å². The molecule has 6 heteroatoms. The number of benzene rings is 1. The van der Waals surface area contributed by atoms with Crippen LogP contribution in [-0.2, 0) is 6.54 Å². The molecule has 0 amide bonds. The summed E-state index contributed by atoms with van der Waals surface area (Å²) in [7, 11) is 0. The van der Waals surface area contributed by atoms with E-state index in [4.69, 9.17) is 10.2 Å². The van der Waals surface area contributed by atoms with Crippen molar-refractivity contribution in [3.63, 3.8) is 0 Å². The van der Waals surface area contributed by atoms with Gasteiger partial charge in [-0.1, -0.05) is 0 Å². The number of carbonyl (C=O) groups is 1. The fraction of sp³-hybridized carbons (Fsp3) is 0.385. The maximum Gasteiger partial charge on any atom is 0.335 e. The van der Waals surface area contributed by atoms with Gasteiger partial charge in [0.15, 0.2) is 0 Å². The monoisotopic (exact) mass is 280 g/mol. The van der Waals surface area contributed by atoms with Gasteiger partial charge >= 0.3 is 5.97 Å². The van der Waals surface area contributed by atoms with Crippen LogP contribution >= 0.6 is 11.8 Å². The third-order valence-corrected chi connectivity index (χ3v) is 3.84. The van der Waals surface area contributed by atoms with Crippen molar-refractivity contribution in [3.8, 4) is 0 Å². The van der Waals surface area contributed by atoms with Gasteiger partial charge < -0.3 is 14.8 Å². The van der Waals surface area contributed by atoms with Crippen molar-refractivity contribution in [2.45, 2.75) is 13.0 Å². The summed E-state index contributed by atoms with van der Waals surface area (Å²) in [5.74, 6) is 0.929. The Bertz CT molecular complexity index is 568. The summed E-state index contributed by atoms with van der Waals surface area (Å²) >= 11 is 1.77. The van der Waals surface area contributed by atoms with E-state index >= 15 is 0 Å². The Hall–Kier alpha value is -1.53. The second-order valence-electron chi connectivity index (χ2n) is 4.14. The first kappa shape index (κ1) is 13.9. The Kier molecular flexibility index (Phi) is 4.81. The van der Waals surface area contributed by atoms with E-state index in [0.29, 0.717) is 0 Å². The molecule has 0 saturated heterocycles. The van der Waals surface area contributed by atoms with Crippen LogP contribution in [0.25, 0.3) is 11.0 Å². The van der Waals surface area contributed by atoms with Gasteiger partial charge in [-0.15, -0.1) is 0 Å². The van der Waals surface area contributed by atoms with Crippen molar-refractivity contribution in [1.29, 1.82) is 0 Å². The third-order valence-electron chi connectivity index (χ3n) is 2.79. The highest BCUT2D eigenvalue weighted by Gasteiger charge is 2.07. The van der Waals surface area contributed by atoms with Gasteiger partial charge in [-0.25, -0.2) is 9.78 Å². The molecule has 5 nitrogen and oxygen atoms in total. The number of aliphatic hydroxyl groups is 1. The molecular weight excluding hydrogens is 264 g/mol. The molecule has 1 heterocycles. The summed E-state index contributed by atoms with van der Waals surface area (Å²) in [6, 6.07) is 4.95. The topological polar surface area (TPSA) is 75.3 Å². The fourth-order valence-electron chi connectivity index (χ4n) is 1.80. The molecule has 0 aliphatic heterocycles. The molecule has 0 aliphatic rings. The molecule has 0 radical (unpaired) electrons. The van der Waals surface area contributed by atoms with Gasteiger partial charge in [-0.3, -0.25) is 0 Å². The van der Waals surface area contributed by atoms with Gasteiger partial charge in [0.1, 0.15) is 0 Å². The molecule has 0 saturated carbocycles. The van der Waals surface area contributed by atoms with Gasteiger partial charge in [0.2, 0.25) is 0 Å². The predicted molar refractivity (Wildman–Crippen MR) is 75.7 cm³/mol. The average Bonchev–Trinajstić information content (AvgIpc) is 2.81. The number of fused-ring (bicyclic) bond motifs is 1. The van der Waals surface area contributed by atoms with Gasteiger partial charge in [-0.2, -0.15) is 11.8 Å². The number of aliphatic hydroxyl groups excluding tert-OH is 1. The summed E-state index contributed by atoms with van der Waals surface area (Å²) < 4.78 is 1.97. The summed E-state index contributed by atoms with van der Waals surface area (Å²) in [5.41, 5.74) is 1.94. The molecule has 1 aromatic carbocycles. The third kappa shape index (κ3) is 3.48. The molecule has 0 bridgehead atoms. The number of aromatic carboxylic acids is 1. The minimum Gasteiger partial charge on any atom is -0.478 e. The van der Waals surface area contributed by atoms with Crippen LogP contribution < -0.4 is 0 Å². The van der Waals surface area contributed by atoms with Crippen LogP contribution in [0.1, 0.15) is 16.8 Å². The van der Waals surface area contributed by atoms with Crippen LogP contribution in [0.15, 0.2) is 24.5 Å². The summed E-state index contributed by atoms with van der Waals surface area (Å²) in [4.78, 5) is 15.2. The number of thioether (sulfide) groups is 1. The van der Waals surface area contributed by atoms with Gasteiger partial charge in [0, 0.05) is 18.9 Å². The SMILES string of the molecule is O=C(O)c1ccc2ncn(CCSCCCO)c2c1. The number of carboxylic acids is 1. The zero-order valence-electron chi connectivity index (χ0n) is 10.5. The lowest BCUT2D eigenvalue weighted by Crippen LogP contribution is -2.01. The van der Waals surface area contributed by atoms with E-state index in [9.17, 15) is 4.79 Å². The van der Waals surface area contributed by atoms with Crippen LogP contribution in [-0.4, -0.2) is 43.8 Å². The standard InChI is InChI=1S/C13H16N2O3S/c16-5-1-6-19-7-4-15-9-14-11-3-2-10(13(17)18)8-12(11)15/h2-3,8-9,16H,1,4-7H2,(H,17,18). The lowest BCUT2D eigenvalue weighted by molar-refractivity contribution is 0.0697. The Balaban J connectivity index is 2.06. The minimum absolute atomic E-state index is 0.225. The highest BCUT2D eigenvalue weighted by atomic mass is 32.2. The molecule has 2 rings (SSSR count). The molecule has 0 atom stereocenters. The second-order valence-corrected chi connectivity index (χ2v) is 5.36. The Labute approximate surface area is 115 Å². The first-order valence-corrected chi connectivity index (χ1v) is 7.24. The molecule has 2 N–H and O–H groups in total. The van der Waals surface area contributed by atoms with Gasteiger partial charge in [-0.05, 0) is 30.4 Å². The number of aromatic nitrogens is 2. The number of rotatable bonds is 7. The molecule has 0 aliphatic carbocycles. The Morgan fingerprint density at radius 1 is 1.37 bits per heavy atom. The number of imidazole rings is 1. The molecule has 102 valence electrons. The van der Waals surface area contributed by atoms with E-state index in [-0.39, 0.29) is 12.2 Å². The molecule has 0 fully saturated rings. The number of nitrogens with zero attached hydrogens (tertiary/aromatic N) is 2. The van der Waals surface area contributed by atoms with Crippen LogP contribution in [0.2, 0.25) is 0 Å². The zero-order valence-corrected chi connectivity index (χ0v) is 11.3. The number of aryl methyl sites for hydroxylation is 1. The lowest BCUT2D eigenvalue weighted by Gasteiger charge is -2.04. The van der Waals surface area contributed by atoms with Crippen LogP contribution in [0.3, 0.4) is 0 Å².